The Bertz CT molecular complexity index is 1660. The van der Waals surface area contributed by atoms with Gasteiger partial charge in [-0.2, -0.15) is 0 Å². The molecule has 7 heteroatoms. The first-order valence-corrected chi connectivity index (χ1v) is 14.4. The van der Waals surface area contributed by atoms with Crippen molar-refractivity contribution in [1.82, 2.24) is 9.88 Å². The lowest BCUT2D eigenvalue weighted by Gasteiger charge is -2.52. The van der Waals surface area contributed by atoms with E-state index in [0.717, 1.165) is 53.8 Å². The van der Waals surface area contributed by atoms with Gasteiger partial charge >= 0.3 is 0 Å². The molecule has 0 radical (unpaired) electrons. The van der Waals surface area contributed by atoms with Gasteiger partial charge in [-0.05, 0) is 84.2 Å². The van der Waals surface area contributed by atoms with Crippen LogP contribution in [0.2, 0.25) is 0 Å². The standard InChI is InChI=1S/C34H38N4O3/c1-6-20-19-38-16-14-21(20)17-28(38)29(25-13-15-35-27-12-11-24(41-5)18-26(25)27)37-31-30(32(39)33(31)40)36-23-9-7-22(8-10-23)34(2,3)4/h6-13,15,18,20-21,28-29,36-37H,1,14,16-17,19H2,2-5H3/t20-,21-,28-,29-/m0/s1. The lowest BCUT2D eigenvalue weighted by molar-refractivity contribution is 0.0105. The smallest absolute Gasteiger partial charge is 0.253 e. The molecule has 0 saturated carbocycles. The fourth-order valence-corrected chi connectivity index (χ4v) is 6.65. The second-order valence-electron chi connectivity index (χ2n) is 12.5. The number of hydrogen-bond donors (Lipinski definition) is 2. The van der Waals surface area contributed by atoms with E-state index in [1.54, 1.807) is 7.11 Å². The number of methoxy groups -OCH3 is 1. The van der Waals surface area contributed by atoms with Gasteiger partial charge in [-0.1, -0.05) is 39.0 Å². The van der Waals surface area contributed by atoms with Crippen molar-refractivity contribution in [2.24, 2.45) is 11.8 Å². The molecule has 7 rings (SSSR count). The van der Waals surface area contributed by atoms with Gasteiger partial charge in [0, 0.05) is 29.9 Å². The Kier molecular flexibility index (Phi) is 6.94. The minimum Gasteiger partial charge on any atom is -0.497 e. The van der Waals surface area contributed by atoms with Crippen LogP contribution in [0.5, 0.6) is 5.75 Å². The number of pyridine rings is 1. The topological polar surface area (TPSA) is 83.6 Å². The first-order valence-electron chi connectivity index (χ1n) is 14.4. The van der Waals surface area contributed by atoms with E-state index in [9.17, 15) is 9.59 Å². The van der Waals surface area contributed by atoms with Gasteiger partial charge < -0.3 is 15.4 Å². The first kappa shape index (κ1) is 27.2. The molecule has 5 atom stereocenters. The van der Waals surface area contributed by atoms with Crippen LogP contribution in [0, 0.1) is 11.8 Å². The Balaban J connectivity index is 1.39. The van der Waals surface area contributed by atoms with E-state index in [0.29, 0.717) is 23.2 Å². The number of aromatic nitrogens is 1. The zero-order valence-corrected chi connectivity index (χ0v) is 24.2. The molecular weight excluding hydrogens is 512 g/mol. The molecule has 0 amide bonds. The molecule has 3 saturated heterocycles. The summed E-state index contributed by atoms with van der Waals surface area (Å²) in [6.07, 6.45) is 6.03. The Labute approximate surface area is 240 Å². The molecule has 41 heavy (non-hydrogen) atoms. The highest BCUT2D eigenvalue weighted by atomic mass is 16.5. The van der Waals surface area contributed by atoms with Crippen molar-refractivity contribution >= 4 is 28.0 Å². The molecule has 7 nitrogen and oxygen atoms in total. The van der Waals surface area contributed by atoms with Crippen LogP contribution in [0.4, 0.5) is 17.1 Å². The molecule has 4 heterocycles. The van der Waals surface area contributed by atoms with Crippen LogP contribution >= 0.6 is 0 Å². The van der Waals surface area contributed by atoms with E-state index in [1.807, 2.05) is 42.6 Å². The third-order valence-electron chi connectivity index (χ3n) is 9.09. The Hall–Kier alpha value is -3.97. The van der Waals surface area contributed by atoms with E-state index >= 15 is 0 Å². The molecule has 0 aliphatic carbocycles. The van der Waals surface area contributed by atoms with Crippen molar-refractivity contribution in [3.05, 3.63) is 99.0 Å². The summed E-state index contributed by atoms with van der Waals surface area (Å²) in [5, 5.41) is 7.79. The van der Waals surface area contributed by atoms with E-state index in [1.165, 1.54) is 5.56 Å². The quantitative estimate of drug-likeness (QED) is 0.208. The van der Waals surface area contributed by atoms with Gasteiger partial charge in [0.2, 0.25) is 0 Å². The Morgan fingerprint density at radius 3 is 2.49 bits per heavy atom. The predicted octanol–water partition coefficient (Wildman–Crippen LogP) is 5.93. The molecule has 3 aliphatic heterocycles. The normalized spacial score (nSPS) is 22.9. The number of nitrogens with one attached hydrogen (secondary N) is 2. The largest absolute Gasteiger partial charge is 0.497 e. The number of ether oxygens (including phenoxy) is 1. The van der Waals surface area contributed by atoms with Crippen LogP contribution in [0.3, 0.4) is 0 Å². The molecule has 3 aliphatic rings. The monoisotopic (exact) mass is 550 g/mol. The molecule has 212 valence electrons. The van der Waals surface area contributed by atoms with E-state index in [2.05, 4.69) is 66.1 Å². The van der Waals surface area contributed by atoms with Crippen LogP contribution in [0.1, 0.15) is 50.8 Å². The highest BCUT2D eigenvalue weighted by Crippen LogP contribution is 2.44. The highest BCUT2D eigenvalue weighted by Gasteiger charge is 2.43. The van der Waals surface area contributed by atoms with Crippen LogP contribution in [-0.4, -0.2) is 36.1 Å². The lowest BCUT2D eigenvalue weighted by atomic mass is 9.73. The number of fused-ring (bicyclic) bond motifs is 4. The van der Waals surface area contributed by atoms with Crippen molar-refractivity contribution in [2.45, 2.75) is 51.1 Å². The maximum atomic E-state index is 13.1. The summed E-state index contributed by atoms with van der Waals surface area (Å²) >= 11 is 0. The van der Waals surface area contributed by atoms with Crippen LogP contribution < -0.4 is 26.2 Å². The van der Waals surface area contributed by atoms with Gasteiger partial charge in [-0.25, -0.2) is 0 Å². The van der Waals surface area contributed by atoms with Crippen LogP contribution in [0.25, 0.3) is 10.9 Å². The van der Waals surface area contributed by atoms with Crippen LogP contribution in [0.15, 0.2) is 77.0 Å². The summed E-state index contributed by atoms with van der Waals surface area (Å²) in [5.74, 6) is 1.76. The van der Waals surface area contributed by atoms with Gasteiger partial charge in [0.15, 0.2) is 0 Å². The molecule has 2 bridgehead atoms. The minimum atomic E-state index is -0.496. The van der Waals surface area contributed by atoms with Gasteiger partial charge in [0.1, 0.15) is 17.1 Å². The molecule has 0 spiro atoms. The average Bonchev–Trinajstić information content (AvgIpc) is 3.00. The van der Waals surface area contributed by atoms with Crippen molar-refractivity contribution in [1.29, 1.82) is 0 Å². The third-order valence-corrected chi connectivity index (χ3v) is 9.09. The SMILES string of the molecule is C=C[C@H]1CN2CC[C@H]1C[C@H]2[C@@H](Nc1c(Nc2ccc(C(C)(C)C)cc2)c(=O)c1=O)c1ccnc2ccc(OC)cc12. The Morgan fingerprint density at radius 2 is 1.83 bits per heavy atom. The number of hydrogen-bond acceptors (Lipinski definition) is 7. The predicted molar refractivity (Wildman–Crippen MR) is 166 cm³/mol. The van der Waals surface area contributed by atoms with Crippen LogP contribution in [-0.2, 0) is 5.41 Å². The van der Waals surface area contributed by atoms with Gasteiger partial charge in [-0.15, -0.1) is 6.58 Å². The average molecular weight is 551 g/mol. The summed E-state index contributed by atoms with van der Waals surface area (Å²) in [7, 11) is 1.66. The van der Waals surface area contributed by atoms with Gasteiger partial charge in [-0.3, -0.25) is 19.5 Å². The molecule has 4 aromatic rings. The first-order chi connectivity index (χ1) is 19.7. The van der Waals surface area contributed by atoms with Crippen molar-refractivity contribution < 1.29 is 4.74 Å². The number of rotatable bonds is 8. The zero-order chi connectivity index (χ0) is 28.9. The molecule has 1 aromatic heterocycles. The second-order valence-corrected chi connectivity index (χ2v) is 12.5. The summed E-state index contributed by atoms with van der Waals surface area (Å²) in [6.45, 7) is 12.5. The molecular formula is C34H38N4O3. The van der Waals surface area contributed by atoms with Gasteiger partial charge in [0.05, 0.1) is 18.7 Å². The summed E-state index contributed by atoms with van der Waals surface area (Å²) in [6, 6.07) is 15.9. The van der Waals surface area contributed by atoms with Crippen molar-refractivity contribution in [3.8, 4) is 5.75 Å². The van der Waals surface area contributed by atoms with Crippen molar-refractivity contribution in [2.75, 3.05) is 30.8 Å². The highest BCUT2D eigenvalue weighted by molar-refractivity contribution is 5.85. The van der Waals surface area contributed by atoms with Crippen molar-refractivity contribution in [3.63, 3.8) is 0 Å². The van der Waals surface area contributed by atoms with Gasteiger partial charge in [0.25, 0.3) is 10.9 Å². The minimum absolute atomic E-state index is 0.0231. The molecule has 3 aromatic carbocycles. The third kappa shape index (κ3) is 4.93. The van der Waals surface area contributed by atoms with E-state index in [-0.39, 0.29) is 17.5 Å². The second kappa shape index (κ2) is 10.5. The number of nitrogens with zero attached hydrogens (tertiary/aromatic N) is 2. The zero-order valence-electron chi connectivity index (χ0n) is 24.2. The summed E-state index contributed by atoms with van der Waals surface area (Å²) in [4.78, 5) is 33.0. The fraction of sp³-hybridized carbons (Fsp3) is 0.382. The maximum Gasteiger partial charge on any atom is 0.253 e. The molecule has 1 unspecified atom stereocenters. The Morgan fingerprint density at radius 1 is 1.07 bits per heavy atom. The molecule has 3 fully saturated rings. The lowest BCUT2D eigenvalue weighted by Crippen LogP contribution is -2.56. The number of anilines is 3. The number of piperidine rings is 3. The summed E-state index contributed by atoms with van der Waals surface area (Å²) < 4.78 is 5.55. The van der Waals surface area contributed by atoms with E-state index < -0.39 is 10.9 Å². The maximum absolute atomic E-state index is 13.1. The molecule has 2 N–H and O–H groups in total. The van der Waals surface area contributed by atoms with E-state index in [4.69, 9.17) is 4.74 Å². The fourth-order valence-electron chi connectivity index (χ4n) is 6.65. The summed E-state index contributed by atoms with van der Waals surface area (Å²) in [5.41, 5.74) is 3.57. The number of benzene rings is 2.